The van der Waals surface area contributed by atoms with E-state index in [0.717, 1.165) is 27.9 Å². The molecular weight excluding hydrogens is 390 g/mol. The molecule has 1 heterocycles. The van der Waals surface area contributed by atoms with Crippen LogP contribution in [0.3, 0.4) is 0 Å². The minimum atomic E-state index is -0.684. The summed E-state index contributed by atoms with van der Waals surface area (Å²) in [4.78, 5) is 21.7. The number of aromatic nitrogens is 2. The first-order chi connectivity index (χ1) is 15.0. The maximum absolute atomic E-state index is 12.6. The van der Waals surface area contributed by atoms with Crippen molar-refractivity contribution < 1.29 is 14.3 Å². The third-order valence-corrected chi connectivity index (χ3v) is 4.89. The summed E-state index contributed by atoms with van der Waals surface area (Å²) >= 11 is 0. The number of rotatable bonds is 6. The number of methoxy groups -OCH3 is 1. The molecule has 31 heavy (non-hydrogen) atoms. The number of nitrogens with zero attached hydrogens (tertiary/aromatic N) is 2. The maximum Gasteiger partial charge on any atom is 0.265 e. The highest BCUT2D eigenvalue weighted by atomic mass is 16.5. The van der Waals surface area contributed by atoms with Crippen LogP contribution in [-0.4, -0.2) is 29.1 Å². The van der Waals surface area contributed by atoms with Gasteiger partial charge in [-0.15, -0.1) is 0 Å². The van der Waals surface area contributed by atoms with Gasteiger partial charge in [0.05, 0.1) is 35.7 Å². The van der Waals surface area contributed by atoms with Crippen LogP contribution in [-0.2, 0) is 4.79 Å². The molecule has 0 saturated heterocycles. The van der Waals surface area contributed by atoms with Gasteiger partial charge in [-0.25, -0.2) is 4.98 Å². The molecule has 0 spiro atoms. The van der Waals surface area contributed by atoms with Gasteiger partial charge in [-0.3, -0.25) is 9.78 Å². The monoisotopic (exact) mass is 413 g/mol. The van der Waals surface area contributed by atoms with E-state index in [4.69, 9.17) is 9.47 Å². The molecule has 1 N–H and O–H groups in total. The molecule has 0 radical (unpaired) electrons. The summed E-state index contributed by atoms with van der Waals surface area (Å²) in [6.45, 7) is 3.66. The molecule has 3 aromatic carbocycles. The molecule has 0 saturated carbocycles. The van der Waals surface area contributed by atoms with E-state index in [0.29, 0.717) is 17.2 Å². The Morgan fingerprint density at radius 2 is 1.74 bits per heavy atom. The summed E-state index contributed by atoms with van der Waals surface area (Å²) in [6, 6.07) is 20.8. The summed E-state index contributed by atoms with van der Waals surface area (Å²) < 4.78 is 11.1. The van der Waals surface area contributed by atoms with Gasteiger partial charge in [0.25, 0.3) is 5.91 Å². The second-order valence-electron chi connectivity index (χ2n) is 7.22. The van der Waals surface area contributed by atoms with E-state index in [-0.39, 0.29) is 5.91 Å². The zero-order valence-electron chi connectivity index (χ0n) is 17.6. The van der Waals surface area contributed by atoms with Crippen molar-refractivity contribution in [1.82, 2.24) is 9.97 Å². The number of carbonyl (C=O) groups is 1. The number of para-hydroxylation sites is 2. The molecule has 0 fully saturated rings. The van der Waals surface area contributed by atoms with Crippen LogP contribution in [0.1, 0.15) is 12.5 Å². The Kier molecular flexibility index (Phi) is 5.80. The van der Waals surface area contributed by atoms with Gasteiger partial charge < -0.3 is 14.8 Å². The quantitative estimate of drug-likeness (QED) is 0.480. The molecule has 4 rings (SSSR count). The molecule has 0 bridgehead atoms. The third-order valence-electron chi connectivity index (χ3n) is 4.89. The van der Waals surface area contributed by atoms with Gasteiger partial charge in [-0.1, -0.05) is 18.2 Å². The second-order valence-corrected chi connectivity index (χ2v) is 7.22. The molecule has 4 aromatic rings. The van der Waals surface area contributed by atoms with E-state index in [9.17, 15) is 4.79 Å². The number of aryl methyl sites for hydroxylation is 1. The molecule has 156 valence electrons. The van der Waals surface area contributed by atoms with Crippen LogP contribution in [0.2, 0.25) is 0 Å². The lowest BCUT2D eigenvalue weighted by atomic mass is 10.1. The number of anilines is 1. The number of benzene rings is 3. The number of fused-ring (bicyclic) bond motifs is 1. The van der Waals surface area contributed by atoms with Crippen LogP contribution in [0.4, 0.5) is 5.69 Å². The summed E-state index contributed by atoms with van der Waals surface area (Å²) in [5, 5.41) is 2.87. The van der Waals surface area contributed by atoms with Crippen molar-refractivity contribution in [3.63, 3.8) is 0 Å². The molecule has 1 amide bonds. The van der Waals surface area contributed by atoms with Crippen molar-refractivity contribution in [2.75, 3.05) is 12.4 Å². The first-order valence-corrected chi connectivity index (χ1v) is 9.98. The van der Waals surface area contributed by atoms with E-state index in [1.165, 1.54) is 0 Å². The van der Waals surface area contributed by atoms with Gasteiger partial charge in [0.2, 0.25) is 0 Å². The molecule has 6 heteroatoms. The Morgan fingerprint density at radius 3 is 2.48 bits per heavy atom. The lowest BCUT2D eigenvalue weighted by Gasteiger charge is -2.16. The summed E-state index contributed by atoms with van der Waals surface area (Å²) in [5.74, 6) is 0.941. The zero-order chi connectivity index (χ0) is 21.8. The fourth-order valence-corrected chi connectivity index (χ4v) is 3.21. The Labute approximate surface area is 180 Å². The molecule has 1 aromatic heterocycles. The van der Waals surface area contributed by atoms with E-state index < -0.39 is 6.10 Å². The Hall–Kier alpha value is -3.93. The Bertz CT molecular complexity index is 1220. The van der Waals surface area contributed by atoms with Crippen LogP contribution in [0.5, 0.6) is 11.5 Å². The molecule has 6 nitrogen and oxygen atoms in total. The van der Waals surface area contributed by atoms with Crippen LogP contribution in [0.15, 0.2) is 72.9 Å². The van der Waals surface area contributed by atoms with Gasteiger partial charge >= 0.3 is 0 Å². The van der Waals surface area contributed by atoms with Crippen LogP contribution in [0.25, 0.3) is 22.3 Å². The fraction of sp³-hybridized carbons (Fsp3) is 0.160. The summed E-state index contributed by atoms with van der Waals surface area (Å²) in [5.41, 5.74) is 5.05. The number of carbonyl (C=O) groups excluding carboxylic acids is 1. The Balaban J connectivity index is 1.44. The SMILES string of the molecule is COc1ccc(C)cc1NC(=O)[C@@H](C)Oc1ccc(-c2cnc3ccccc3n2)cc1. The Morgan fingerprint density at radius 1 is 1.00 bits per heavy atom. The molecule has 0 aliphatic rings. The van der Waals surface area contributed by atoms with Gasteiger partial charge in [0.15, 0.2) is 6.10 Å². The third kappa shape index (κ3) is 4.64. The van der Waals surface area contributed by atoms with E-state index in [1.54, 1.807) is 20.2 Å². The highest BCUT2D eigenvalue weighted by Gasteiger charge is 2.17. The van der Waals surface area contributed by atoms with Gasteiger partial charge in [-0.05, 0) is 67.9 Å². The first-order valence-electron chi connectivity index (χ1n) is 9.98. The summed E-state index contributed by atoms with van der Waals surface area (Å²) in [7, 11) is 1.57. The highest BCUT2D eigenvalue weighted by Crippen LogP contribution is 2.26. The number of hydrogen-bond donors (Lipinski definition) is 1. The van der Waals surface area contributed by atoms with E-state index in [1.807, 2.05) is 73.7 Å². The first kappa shape index (κ1) is 20.3. The van der Waals surface area contributed by atoms with Gasteiger partial charge in [-0.2, -0.15) is 0 Å². The number of nitrogens with one attached hydrogen (secondary N) is 1. The number of hydrogen-bond acceptors (Lipinski definition) is 5. The topological polar surface area (TPSA) is 73.3 Å². The van der Waals surface area contributed by atoms with Crippen molar-refractivity contribution >= 4 is 22.6 Å². The highest BCUT2D eigenvalue weighted by molar-refractivity contribution is 5.95. The summed E-state index contributed by atoms with van der Waals surface area (Å²) in [6.07, 6.45) is 1.07. The van der Waals surface area contributed by atoms with Crippen LogP contribution < -0.4 is 14.8 Å². The number of ether oxygens (including phenoxy) is 2. The smallest absolute Gasteiger partial charge is 0.265 e. The van der Waals surface area contributed by atoms with Crippen molar-refractivity contribution in [3.8, 4) is 22.8 Å². The molecular formula is C25H23N3O3. The molecule has 0 aliphatic carbocycles. The largest absolute Gasteiger partial charge is 0.495 e. The molecule has 1 atom stereocenters. The minimum Gasteiger partial charge on any atom is -0.495 e. The predicted molar refractivity (Wildman–Crippen MR) is 121 cm³/mol. The van der Waals surface area contributed by atoms with Gasteiger partial charge in [0, 0.05) is 5.56 Å². The van der Waals surface area contributed by atoms with Crippen LogP contribution >= 0.6 is 0 Å². The van der Waals surface area contributed by atoms with E-state index >= 15 is 0 Å². The van der Waals surface area contributed by atoms with Crippen molar-refractivity contribution in [1.29, 1.82) is 0 Å². The minimum absolute atomic E-state index is 0.256. The van der Waals surface area contributed by atoms with Crippen molar-refractivity contribution in [2.45, 2.75) is 20.0 Å². The lowest BCUT2D eigenvalue weighted by Crippen LogP contribution is -2.30. The van der Waals surface area contributed by atoms with Gasteiger partial charge in [0.1, 0.15) is 11.5 Å². The molecule has 0 aliphatic heterocycles. The lowest BCUT2D eigenvalue weighted by molar-refractivity contribution is -0.122. The maximum atomic E-state index is 12.6. The predicted octanol–water partition coefficient (Wildman–Crippen LogP) is 5.02. The fourth-order valence-electron chi connectivity index (χ4n) is 3.21. The van der Waals surface area contributed by atoms with Crippen molar-refractivity contribution in [2.24, 2.45) is 0 Å². The second kappa shape index (κ2) is 8.83. The number of amides is 1. The molecule has 0 unspecified atom stereocenters. The van der Waals surface area contributed by atoms with E-state index in [2.05, 4.69) is 15.3 Å². The standard InChI is InChI=1S/C25H23N3O3/c1-16-8-13-24(30-3)22(14-16)28-25(29)17(2)31-19-11-9-18(10-12-19)23-15-26-20-6-4-5-7-21(20)27-23/h4-15,17H,1-3H3,(H,28,29)/t17-/m1/s1. The average molecular weight is 413 g/mol. The average Bonchev–Trinajstić information content (AvgIpc) is 2.79. The zero-order valence-corrected chi connectivity index (χ0v) is 17.6. The van der Waals surface area contributed by atoms with Crippen molar-refractivity contribution in [3.05, 3.63) is 78.5 Å². The normalized spacial score (nSPS) is 11.7. The van der Waals surface area contributed by atoms with Crippen LogP contribution in [0, 0.1) is 6.92 Å².